The Morgan fingerprint density at radius 1 is 1.41 bits per heavy atom. The zero-order valence-corrected chi connectivity index (χ0v) is 13.7. The standard InChI is InChI=1S/C15H18N2O3.C2H6/c1-3-11-4-5-14-13(8-11)17(6-7-20-14)15(10(2)19)12(16)9-18;1-2/h4-5,8-9H,3,6-7,16H2,1-2H3;1-2H3/b15-12-;. The minimum atomic E-state index is -0.232. The molecule has 5 heteroatoms. The largest absolute Gasteiger partial charge is 0.490 e. The number of carbonyl (C=O) groups excluding carboxylic acids is 2. The van der Waals surface area contributed by atoms with Crippen LogP contribution in [0.3, 0.4) is 0 Å². The Hall–Kier alpha value is -2.30. The average Bonchev–Trinajstić information content (AvgIpc) is 2.56. The Labute approximate surface area is 131 Å². The summed E-state index contributed by atoms with van der Waals surface area (Å²) in [7, 11) is 0. The van der Waals surface area contributed by atoms with Gasteiger partial charge in [-0.2, -0.15) is 0 Å². The molecule has 1 aromatic carbocycles. The van der Waals surface area contributed by atoms with Crippen LogP contribution in [0, 0.1) is 0 Å². The maximum Gasteiger partial charge on any atom is 0.178 e. The number of aldehydes is 1. The van der Waals surface area contributed by atoms with Crippen molar-refractivity contribution in [1.82, 2.24) is 0 Å². The van der Waals surface area contributed by atoms with E-state index in [1.54, 1.807) is 4.90 Å². The molecule has 5 nitrogen and oxygen atoms in total. The first-order valence-corrected chi connectivity index (χ1v) is 7.57. The van der Waals surface area contributed by atoms with Gasteiger partial charge in [0.05, 0.1) is 17.9 Å². The highest BCUT2D eigenvalue weighted by molar-refractivity contribution is 6.02. The molecule has 1 heterocycles. The third kappa shape index (κ3) is 3.67. The number of anilines is 1. The van der Waals surface area contributed by atoms with Crippen molar-refractivity contribution in [2.45, 2.75) is 34.1 Å². The van der Waals surface area contributed by atoms with Gasteiger partial charge in [0.25, 0.3) is 0 Å². The van der Waals surface area contributed by atoms with Gasteiger partial charge in [-0.25, -0.2) is 0 Å². The van der Waals surface area contributed by atoms with E-state index in [0.29, 0.717) is 25.2 Å². The molecule has 0 spiro atoms. The lowest BCUT2D eigenvalue weighted by molar-refractivity contribution is -0.114. The second-order valence-electron chi connectivity index (χ2n) is 4.63. The van der Waals surface area contributed by atoms with E-state index in [1.165, 1.54) is 6.92 Å². The molecule has 0 aromatic heterocycles. The summed E-state index contributed by atoms with van der Waals surface area (Å²) >= 11 is 0. The van der Waals surface area contributed by atoms with E-state index in [1.807, 2.05) is 32.0 Å². The first kappa shape index (κ1) is 17.8. The average molecular weight is 304 g/mol. The van der Waals surface area contributed by atoms with Gasteiger partial charge in [0.2, 0.25) is 0 Å². The van der Waals surface area contributed by atoms with E-state index < -0.39 is 0 Å². The zero-order valence-electron chi connectivity index (χ0n) is 13.7. The van der Waals surface area contributed by atoms with E-state index in [4.69, 9.17) is 10.5 Å². The number of hydrogen-bond donors (Lipinski definition) is 1. The highest BCUT2D eigenvalue weighted by Crippen LogP contribution is 2.35. The van der Waals surface area contributed by atoms with Crippen molar-refractivity contribution in [3.05, 3.63) is 35.2 Å². The second kappa shape index (κ2) is 8.22. The van der Waals surface area contributed by atoms with Gasteiger partial charge in [-0.15, -0.1) is 0 Å². The minimum absolute atomic E-state index is 0.0488. The predicted molar refractivity (Wildman–Crippen MR) is 88.0 cm³/mol. The molecule has 0 radical (unpaired) electrons. The van der Waals surface area contributed by atoms with Gasteiger partial charge in [-0.05, 0) is 24.1 Å². The molecule has 0 bridgehead atoms. The van der Waals surface area contributed by atoms with Crippen LogP contribution in [0.4, 0.5) is 5.69 Å². The van der Waals surface area contributed by atoms with Crippen LogP contribution in [-0.2, 0) is 16.0 Å². The number of carbonyl (C=O) groups is 2. The third-order valence-electron chi connectivity index (χ3n) is 3.30. The van der Waals surface area contributed by atoms with Crippen molar-refractivity contribution >= 4 is 17.8 Å². The van der Waals surface area contributed by atoms with Gasteiger partial charge >= 0.3 is 0 Å². The number of allylic oxidation sites excluding steroid dienone is 2. The number of aryl methyl sites for hydroxylation is 1. The second-order valence-corrected chi connectivity index (χ2v) is 4.63. The molecule has 2 N–H and O–H groups in total. The fourth-order valence-corrected chi connectivity index (χ4v) is 2.32. The van der Waals surface area contributed by atoms with Crippen molar-refractivity contribution in [3.63, 3.8) is 0 Å². The predicted octanol–water partition coefficient (Wildman–Crippen LogP) is 2.43. The number of benzene rings is 1. The van der Waals surface area contributed by atoms with Crippen molar-refractivity contribution < 1.29 is 14.3 Å². The van der Waals surface area contributed by atoms with Crippen LogP contribution in [0.15, 0.2) is 29.6 Å². The topological polar surface area (TPSA) is 72.6 Å². The fourth-order valence-electron chi connectivity index (χ4n) is 2.32. The van der Waals surface area contributed by atoms with E-state index >= 15 is 0 Å². The lowest BCUT2D eigenvalue weighted by Crippen LogP contribution is -2.36. The van der Waals surface area contributed by atoms with Gasteiger partial charge in [0, 0.05) is 6.92 Å². The normalized spacial score (nSPS) is 13.9. The third-order valence-corrected chi connectivity index (χ3v) is 3.30. The van der Waals surface area contributed by atoms with E-state index in [0.717, 1.165) is 17.7 Å². The van der Waals surface area contributed by atoms with Crippen LogP contribution in [0.1, 0.15) is 33.3 Å². The molecule has 0 saturated carbocycles. The Morgan fingerprint density at radius 3 is 2.64 bits per heavy atom. The van der Waals surface area contributed by atoms with Crippen molar-refractivity contribution in [3.8, 4) is 5.75 Å². The summed E-state index contributed by atoms with van der Waals surface area (Å²) < 4.78 is 5.59. The molecular weight excluding hydrogens is 280 g/mol. The fraction of sp³-hybridized carbons (Fsp3) is 0.412. The molecule has 2 rings (SSSR count). The number of rotatable bonds is 4. The summed E-state index contributed by atoms with van der Waals surface area (Å²) in [5.74, 6) is 0.468. The Balaban J connectivity index is 0.00000116. The van der Waals surface area contributed by atoms with Crippen LogP contribution in [0.25, 0.3) is 0 Å². The number of Topliss-reactive ketones (excluding diaryl/α,β-unsaturated/α-hetero) is 1. The maximum absolute atomic E-state index is 11.8. The van der Waals surface area contributed by atoms with E-state index in [9.17, 15) is 9.59 Å². The first-order valence-electron chi connectivity index (χ1n) is 7.57. The SMILES string of the molecule is CC.CCc1ccc2c(c1)N(/C(C(C)=O)=C(\N)C=O)CCO2. The van der Waals surface area contributed by atoms with E-state index in [2.05, 4.69) is 6.92 Å². The summed E-state index contributed by atoms with van der Waals surface area (Å²) in [6.45, 7) is 8.40. The zero-order chi connectivity index (χ0) is 16.7. The number of fused-ring (bicyclic) bond motifs is 1. The van der Waals surface area contributed by atoms with Gasteiger partial charge < -0.3 is 15.4 Å². The van der Waals surface area contributed by atoms with Gasteiger partial charge in [-0.3, -0.25) is 9.59 Å². The summed E-state index contributed by atoms with van der Waals surface area (Å²) in [6, 6.07) is 5.84. The molecule has 0 unspecified atom stereocenters. The van der Waals surface area contributed by atoms with Crippen molar-refractivity contribution in [2.24, 2.45) is 5.73 Å². The number of nitrogens with two attached hydrogens (primary N) is 1. The van der Waals surface area contributed by atoms with Crippen molar-refractivity contribution in [2.75, 3.05) is 18.1 Å². The van der Waals surface area contributed by atoms with Gasteiger partial charge in [0.15, 0.2) is 12.1 Å². The molecule has 0 atom stereocenters. The summed E-state index contributed by atoms with van der Waals surface area (Å²) in [5, 5.41) is 0. The van der Waals surface area contributed by atoms with Crippen molar-refractivity contribution in [1.29, 1.82) is 0 Å². The molecule has 120 valence electrons. The quantitative estimate of drug-likeness (QED) is 0.683. The molecule has 1 aromatic rings. The number of ketones is 1. The van der Waals surface area contributed by atoms with Crippen LogP contribution < -0.4 is 15.4 Å². The number of nitrogens with zero attached hydrogens (tertiary/aromatic N) is 1. The monoisotopic (exact) mass is 304 g/mol. The molecule has 0 fully saturated rings. The molecular formula is C17H24N2O3. The summed E-state index contributed by atoms with van der Waals surface area (Å²) in [5.41, 5.74) is 7.78. The highest BCUT2D eigenvalue weighted by Gasteiger charge is 2.25. The van der Waals surface area contributed by atoms with Crippen LogP contribution in [0.5, 0.6) is 5.75 Å². The summed E-state index contributed by atoms with van der Waals surface area (Å²) in [6.07, 6.45) is 1.39. The summed E-state index contributed by atoms with van der Waals surface area (Å²) in [4.78, 5) is 24.5. The highest BCUT2D eigenvalue weighted by atomic mass is 16.5. The number of ether oxygens (including phenoxy) is 1. The van der Waals surface area contributed by atoms with E-state index in [-0.39, 0.29) is 17.2 Å². The molecule has 22 heavy (non-hydrogen) atoms. The lowest BCUT2D eigenvalue weighted by Gasteiger charge is -2.32. The molecule has 1 aliphatic heterocycles. The Bertz CT molecular complexity index is 579. The van der Waals surface area contributed by atoms with Crippen LogP contribution in [0.2, 0.25) is 0 Å². The lowest BCUT2D eigenvalue weighted by atomic mass is 10.1. The Kier molecular flexibility index (Phi) is 6.63. The van der Waals surface area contributed by atoms with Crippen LogP contribution in [-0.4, -0.2) is 25.2 Å². The minimum Gasteiger partial charge on any atom is -0.490 e. The molecule has 0 saturated heterocycles. The first-order chi connectivity index (χ1) is 10.6. The van der Waals surface area contributed by atoms with Gasteiger partial charge in [-0.1, -0.05) is 26.8 Å². The maximum atomic E-state index is 11.8. The Morgan fingerprint density at radius 2 is 2.09 bits per heavy atom. The van der Waals surface area contributed by atoms with Gasteiger partial charge in [0.1, 0.15) is 18.1 Å². The molecule has 1 aliphatic rings. The molecule has 0 amide bonds. The smallest absolute Gasteiger partial charge is 0.178 e. The molecule has 0 aliphatic carbocycles. The number of hydrogen-bond acceptors (Lipinski definition) is 5. The van der Waals surface area contributed by atoms with Crippen LogP contribution >= 0.6 is 0 Å².